The molecule has 3 rings (SSSR count). The molecule has 1 aliphatic heterocycles. The molecule has 0 saturated carbocycles. The number of hydrogen-bond acceptors (Lipinski definition) is 3. The molecular weight excluding hydrogens is 311 g/mol. The summed E-state index contributed by atoms with van der Waals surface area (Å²) in [5.41, 5.74) is 1.93. The summed E-state index contributed by atoms with van der Waals surface area (Å²) in [6, 6.07) is 6.69. The van der Waals surface area contributed by atoms with Crippen molar-refractivity contribution >= 4 is 17.2 Å². The Kier molecular flexibility index (Phi) is 4.76. The van der Waals surface area contributed by atoms with Crippen LogP contribution in [0.1, 0.15) is 51.1 Å². The van der Waals surface area contributed by atoms with Crippen LogP contribution in [-0.4, -0.2) is 28.9 Å². The molecule has 1 aromatic heterocycles. The van der Waals surface area contributed by atoms with Crippen molar-refractivity contribution in [2.24, 2.45) is 0 Å². The summed E-state index contributed by atoms with van der Waals surface area (Å²) in [4.78, 5) is 19.9. The summed E-state index contributed by atoms with van der Waals surface area (Å²) in [5, 5.41) is 0.927. The van der Waals surface area contributed by atoms with Crippen LogP contribution in [-0.2, 0) is 0 Å². The lowest BCUT2D eigenvalue weighted by molar-refractivity contribution is 0.0758. The largest absolute Gasteiger partial charge is 0.337 e. The SMILES string of the molecule is Cc1nc(C)c(C(=O)N2CCCC[C@@H](c3ccc(F)cc3)C2)s1. The number of aryl methyl sites for hydroxylation is 2. The van der Waals surface area contributed by atoms with Crippen LogP contribution >= 0.6 is 11.3 Å². The van der Waals surface area contributed by atoms with E-state index in [1.54, 1.807) is 0 Å². The molecule has 1 fully saturated rings. The first-order valence-corrected chi connectivity index (χ1v) is 8.85. The predicted octanol–water partition coefficient (Wildman–Crippen LogP) is 4.31. The molecule has 2 aromatic rings. The molecule has 23 heavy (non-hydrogen) atoms. The molecular formula is C18H21FN2OS. The monoisotopic (exact) mass is 332 g/mol. The second kappa shape index (κ2) is 6.79. The molecule has 2 heterocycles. The van der Waals surface area contributed by atoms with Crippen LogP contribution in [0.2, 0.25) is 0 Å². The minimum Gasteiger partial charge on any atom is -0.337 e. The second-order valence-electron chi connectivity index (χ2n) is 6.14. The molecule has 1 amide bonds. The maximum absolute atomic E-state index is 13.1. The highest BCUT2D eigenvalue weighted by Gasteiger charge is 2.26. The van der Waals surface area contributed by atoms with Crippen LogP contribution in [0.3, 0.4) is 0 Å². The molecule has 0 unspecified atom stereocenters. The molecule has 1 saturated heterocycles. The first-order valence-electron chi connectivity index (χ1n) is 8.03. The standard InChI is InChI=1S/C18H21FN2OS/c1-12-17(23-13(2)20-12)18(22)21-10-4-3-5-15(11-21)14-6-8-16(19)9-7-14/h6-9,15H,3-5,10-11H2,1-2H3/t15-/m1/s1. The van der Waals surface area contributed by atoms with Gasteiger partial charge in [-0.2, -0.15) is 0 Å². The second-order valence-corrected chi connectivity index (χ2v) is 7.35. The van der Waals surface area contributed by atoms with E-state index >= 15 is 0 Å². The number of halogens is 1. The van der Waals surface area contributed by atoms with Crippen molar-refractivity contribution in [1.29, 1.82) is 0 Å². The van der Waals surface area contributed by atoms with E-state index in [1.807, 2.05) is 30.9 Å². The lowest BCUT2D eigenvalue weighted by Gasteiger charge is -2.24. The number of carbonyl (C=O) groups is 1. The average Bonchev–Trinajstić information content (AvgIpc) is 2.74. The lowest BCUT2D eigenvalue weighted by Crippen LogP contribution is -2.34. The van der Waals surface area contributed by atoms with Gasteiger partial charge < -0.3 is 4.90 Å². The molecule has 3 nitrogen and oxygen atoms in total. The van der Waals surface area contributed by atoms with Crippen LogP contribution < -0.4 is 0 Å². The van der Waals surface area contributed by atoms with Crippen molar-refractivity contribution in [3.05, 3.63) is 51.2 Å². The molecule has 0 N–H and O–H groups in total. The van der Waals surface area contributed by atoms with Gasteiger partial charge in [0, 0.05) is 19.0 Å². The summed E-state index contributed by atoms with van der Waals surface area (Å²) in [7, 11) is 0. The Bertz CT molecular complexity index is 696. The average molecular weight is 332 g/mol. The van der Waals surface area contributed by atoms with Crippen LogP contribution in [0.15, 0.2) is 24.3 Å². The normalized spacial score (nSPS) is 18.7. The Hall–Kier alpha value is -1.75. The van der Waals surface area contributed by atoms with Gasteiger partial charge in [-0.3, -0.25) is 4.79 Å². The Morgan fingerprint density at radius 1 is 1.26 bits per heavy atom. The maximum atomic E-state index is 13.1. The van der Waals surface area contributed by atoms with Gasteiger partial charge in [0.2, 0.25) is 0 Å². The molecule has 0 spiro atoms. The predicted molar refractivity (Wildman–Crippen MR) is 90.5 cm³/mol. The van der Waals surface area contributed by atoms with Crippen LogP contribution in [0, 0.1) is 19.7 Å². The van der Waals surface area contributed by atoms with Crippen molar-refractivity contribution in [1.82, 2.24) is 9.88 Å². The summed E-state index contributed by atoms with van der Waals surface area (Å²) < 4.78 is 13.1. The zero-order valence-electron chi connectivity index (χ0n) is 13.5. The van der Waals surface area contributed by atoms with E-state index in [9.17, 15) is 9.18 Å². The first kappa shape index (κ1) is 16.1. The summed E-state index contributed by atoms with van der Waals surface area (Å²) in [6.07, 6.45) is 3.14. The number of rotatable bonds is 2. The van der Waals surface area contributed by atoms with Crippen LogP contribution in [0.25, 0.3) is 0 Å². The van der Waals surface area contributed by atoms with Gasteiger partial charge in [0.1, 0.15) is 10.7 Å². The number of likely N-dealkylation sites (tertiary alicyclic amines) is 1. The third-order valence-electron chi connectivity index (χ3n) is 4.40. The van der Waals surface area contributed by atoms with Crippen molar-refractivity contribution < 1.29 is 9.18 Å². The number of amides is 1. The Labute approximate surface area is 140 Å². The quantitative estimate of drug-likeness (QED) is 0.821. The minimum atomic E-state index is -0.217. The van der Waals surface area contributed by atoms with Gasteiger partial charge in [-0.1, -0.05) is 18.6 Å². The molecule has 0 aliphatic carbocycles. The first-order chi connectivity index (χ1) is 11.0. The molecule has 122 valence electrons. The number of thiazole rings is 1. The number of aromatic nitrogens is 1. The number of benzene rings is 1. The van der Waals surface area contributed by atoms with E-state index in [2.05, 4.69) is 4.98 Å². The van der Waals surface area contributed by atoms with Crippen LogP contribution in [0.5, 0.6) is 0 Å². The lowest BCUT2D eigenvalue weighted by atomic mass is 9.94. The molecule has 5 heteroatoms. The van der Waals surface area contributed by atoms with E-state index in [1.165, 1.54) is 23.5 Å². The minimum absolute atomic E-state index is 0.0853. The van der Waals surface area contributed by atoms with Gasteiger partial charge in [0.05, 0.1) is 10.7 Å². The van der Waals surface area contributed by atoms with E-state index < -0.39 is 0 Å². The summed E-state index contributed by atoms with van der Waals surface area (Å²) >= 11 is 1.47. The van der Waals surface area contributed by atoms with Crippen LogP contribution in [0.4, 0.5) is 4.39 Å². The Balaban J connectivity index is 1.80. The fourth-order valence-electron chi connectivity index (χ4n) is 3.21. The van der Waals surface area contributed by atoms with Crippen molar-refractivity contribution in [2.75, 3.05) is 13.1 Å². The van der Waals surface area contributed by atoms with E-state index in [0.717, 1.165) is 46.9 Å². The molecule has 0 radical (unpaired) electrons. The zero-order chi connectivity index (χ0) is 16.4. The highest BCUT2D eigenvalue weighted by atomic mass is 32.1. The fraction of sp³-hybridized carbons (Fsp3) is 0.444. The zero-order valence-corrected chi connectivity index (χ0v) is 14.3. The van der Waals surface area contributed by atoms with Gasteiger partial charge in [0.25, 0.3) is 5.91 Å². The molecule has 1 atom stereocenters. The number of hydrogen-bond donors (Lipinski definition) is 0. The molecule has 1 aromatic carbocycles. The highest BCUT2D eigenvalue weighted by Crippen LogP contribution is 2.28. The third kappa shape index (κ3) is 3.61. The van der Waals surface area contributed by atoms with Gasteiger partial charge in [-0.15, -0.1) is 11.3 Å². The number of nitrogens with zero attached hydrogens (tertiary/aromatic N) is 2. The topological polar surface area (TPSA) is 33.2 Å². The Morgan fingerprint density at radius 2 is 2.00 bits per heavy atom. The van der Waals surface area contributed by atoms with Crippen molar-refractivity contribution in [3.63, 3.8) is 0 Å². The Morgan fingerprint density at radius 3 is 2.65 bits per heavy atom. The highest BCUT2D eigenvalue weighted by molar-refractivity contribution is 7.13. The van der Waals surface area contributed by atoms with Gasteiger partial charge >= 0.3 is 0 Å². The summed E-state index contributed by atoms with van der Waals surface area (Å²) in [5.74, 6) is 0.143. The van der Waals surface area contributed by atoms with E-state index in [0.29, 0.717) is 6.54 Å². The van der Waals surface area contributed by atoms with Gasteiger partial charge in [0.15, 0.2) is 0 Å². The third-order valence-corrected chi connectivity index (χ3v) is 5.46. The maximum Gasteiger partial charge on any atom is 0.265 e. The molecule has 1 aliphatic rings. The smallest absolute Gasteiger partial charge is 0.265 e. The van der Waals surface area contributed by atoms with Crippen molar-refractivity contribution in [3.8, 4) is 0 Å². The van der Waals surface area contributed by atoms with E-state index in [4.69, 9.17) is 0 Å². The van der Waals surface area contributed by atoms with E-state index in [-0.39, 0.29) is 17.6 Å². The van der Waals surface area contributed by atoms with Gasteiger partial charge in [-0.25, -0.2) is 9.37 Å². The van der Waals surface area contributed by atoms with Gasteiger partial charge in [-0.05, 0) is 44.4 Å². The number of carbonyl (C=O) groups excluding carboxylic acids is 1. The fourth-order valence-corrected chi connectivity index (χ4v) is 4.09. The summed E-state index contributed by atoms with van der Waals surface area (Å²) in [6.45, 7) is 5.30. The molecule has 0 bridgehead atoms. The van der Waals surface area contributed by atoms with Crippen molar-refractivity contribution in [2.45, 2.75) is 39.0 Å².